The van der Waals surface area contributed by atoms with E-state index in [2.05, 4.69) is 33.4 Å². The van der Waals surface area contributed by atoms with Crippen LogP contribution in [0.2, 0.25) is 0 Å². The van der Waals surface area contributed by atoms with Crippen LogP contribution in [-0.2, 0) is 11.2 Å². The second-order valence-electron chi connectivity index (χ2n) is 3.11. The fourth-order valence-corrected chi connectivity index (χ4v) is 1.68. The Hall–Kier alpha value is -0.830. The van der Waals surface area contributed by atoms with Crippen LogP contribution in [0, 0.1) is 0 Å². The Morgan fingerprint density at radius 3 is 2.64 bits per heavy atom. The van der Waals surface area contributed by atoms with Gasteiger partial charge in [-0.15, -0.1) is 0 Å². The predicted molar refractivity (Wildman–Crippen MR) is 61.5 cm³/mol. The van der Waals surface area contributed by atoms with Gasteiger partial charge in [0, 0.05) is 7.05 Å². The molecule has 0 radical (unpaired) electrons. The molecule has 1 aromatic carbocycles. The molecule has 0 fully saturated rings. The summed E-state index contributed by atoms with van der Waals surface area (Å²) in [5, 5.41) is 2.62. The van der Waals surface area contributed by atoms with Crippen molar-refractivity contribution in [1.29, 1.82) is 0 Å². The fourth-order valence-electron chi connectivity index (χ4n) is 1.23. The highest BCUT2D eigenvalue weighted by molar-refractivity contribution is 9.10. The molecule has 0 aliphatic carbocycles. The maximum atomic E-state index is 11.2. The van der Waals surface area contributed by atoms with Crippen molar-refractivity contribution >= 4 is 21.8 Å². The minimum atomic E-state index is -0.0901. The molecule has 1 aromatic rings. The first kappa shape index (κ1) is 11.2. The fraction of sp³-hybridized carbons (Fsp3) is 0.364. The van der Waals surface area contributed by atoms with Crippen LogP contribution >= 0.6 is 15.9 Å². The highest BCUT2D eigenvalue weighted by Gasteiger charge is 2.11. The number of nitrogens with one attached hydrogen (secondary N) is 1. The minimum absolute atomic E-state index is 0.0425. The molecule has 1 amide bonds. The van der Waals surface area contributed by atoms with E-state index in [1.165, 1.54) is 5.56 Å². The van der Waals surface area contributed by atoms with Crippen LogP contribution in [0.3, 0.4) is 0 Å². The van der Waals surface area contributed by atoms with Gasteiger partial charge < -0.3 is 5.32 Å². The number of alkyl halides is 1. The maximum Gasteiger partial charge on any atom is 0.233 e. The van der Waals surface area contributed by atoms with Gasteiger partial charge in [0.1, 0.15) is 0 Å². The molecule has 1 atom stereocenters. The third kappa shape index (κ3) is 3.50. The van der Waals surface area contributed by atoms with Gasteiger partial charge >= 0.3 is 0 Å². The molecule has 0 spiro atoms. The van der Waals surface area contributed by atoms with E-state index in [1.54, 1.807) is 7.05 Å². The van der Waals surface area contributed by atoms with Crippen molar-refractivity contribution in [2.75, 3.05) is 7.05 Å². The van der Waals surface area contributed by atoms with Crippen molar-refractivity contribution in [2.24, 2.45) is 0 Å². The van der Waals surface area contributed by atoms with Crippen molar-refractivity contribution in [1.82, 2.24) is 5.32 Å². The topological polar surface area (TPSA) is 29.1 Å². The second kappa shape index (κ2) is 5.81. The summed E-state index contributed by atoms with van der Waals surface area (Å²) < 4.78 is 0. The quantitative estimate of drug-likeness (QED) is 0.821. The Morgan fingerprint density at radius 1 is 1.43 bits per heavy atom. The summed E-state index contributed by atoms with van der Waals surface area (Å²) in [6.07, 6.45) is 1.74. The Balaban J connectivity index is 2.38. The van der Waals surface area contributed by atoms with Gasteiger partial charge in [0.2, 0.25) is 5.91 Å². The lowest BCUT2D eigenvalue weighted by Crippen LogP contribution is -2.27. The van der Waals surface area contributed by atoms with Gasteiger partial charge in [0.05, 0.1) is 4.83 Å². The van der Waals surface area contributed by atoms with E-state index in [-0.39, 0.29) is 10.7 Å². The largest absolute Gasteiger partial charge is 0.358 e. The van der Waals surface area contributed by atoms with Crippen molar-refractivity contribution in [2.45, 2.75) is 17.7 Å². The van der Waals surface area contributed by atoms with Crippen LogP contribution in [0.25, 0.3) is 0 Å². The maximum absolute atomic E-state index is 11.2. The molecule has 0 aromatic heterocycles. The predicted octanol–water partition coefficient (Wildman–Crippen LogP) is 2.13. The third-order valence-electron chi connectivity index (χ3n) is 2.06. The SMILES string of the molecule is CNC(=O)C(Br)CCc1ccccc1. The molecule has 0 aliphatic rings. The number of benzene rings is 1. The molecule has 0 heterocycles. The monoisotopic (exact) mass is 255 g/mol. The summed E-state index contributed by atoms with van der Waals surface area (Å²) >= 11 is 3.35. The van der Waals surface area contributed by atoms with E-state index in [9.17, 15) is 4.79 Å². The average Bonchev–Trinajstić information content (AvgIpc) is 2.26. The molecular formula is C11H14BrNO. The van der Waals surface area contributed by atoms with E-state index >= 15 is 0 Å². The summed E-state index contributed by atoms with van der Waals surface area (Å²) in [7, 11) is 1.65. The number of carbonyl (C=O) groups is 1. The van der Waals surface area contributed by atoms with Crippen LogP contribution in [0.4, 0.5) is 0 Å². The molecule has 0 bridgehead atoms. The van der Waals surface area contributed by atoms with Crippen LogP contribution < -0.4 is 5.32 Å². The lowest BCUT2D eigenvalue weighted by atomic mass is 10.1. The number of rotatable bonds is 4. The van der Waals surface area contributed by atoms with Gasteiger partial charge in [0.15, 0.2) is 0 Å². The standard InChI is InChI=1S/C11H14BrNO/c1-13-11(14)10(12)8-7-9-5-3-2-4-6-9/h2-6,10H,7-8H2,1H3,(H,13,14). The van der Waals surface area contributed by atoms with E-state index in [0.717, 1.165) is 12.8 Å². The molecule has 1 unspecified atom stereocenters. The first-order valence-electron chi connectivity index (χ1n) is 4.63. The van der Waals surface area contributed by atoms with Gasteiger partial charge in [-0.2, -0.15) is 0 Å². The number of hydrogen-bond acceptors (Lipinski definition) is 1. The average molecular weight is 256 g/mol. The van der Waals surface area contributed by atoms with E-state index in [4.69, 9.17) is 0 Å². The van der Waals surface area contributed by atoms with Gasteiger partial charge in [0.25, 0.3) is 0 Å². The first-order valence-corrected chi connectivity index (χ1v) is 5.55. The van der Waals surface area contributed by atoms with Crippen LogP contribution in [-0.4, -0.2) is 17.8 Å². The summed E-state index contributed by atoms with van der Waals surface area (Å²) in [5.41, 5.74) is 1.26. The Kier molecular flexibility index (Phi) is 4.66. The summed E-state index contributed by atoms with van der Waals surface area (Å²) in [6, 6.07) is 10.2. The molecule has 0 saturated heterocycles. The van der Waals surface area contributed by atoms with Crippen LogP contribution in [0.1, 0.15) is 12.0 Å². The van der Waals surface area contributed by atoms with Crippen LogP contribution in [0.5, 0.6) is 0 Å². The number of hydrogen-bond donors (Lipinski definition) is 1. The van der Waals surface area contributed by atoms with E-state index in [0.29, 0.717) is 0 Å². The summed E-state index contributed by atoms with van der Waals surface area (Å²) in [6.45, 7) is 0. The normalized spacial score (nSPS) is 12.1. The number of carbonyl (C=O) groups excluding carboxylic acids is 1. The molecule has 3 heteroatoms. The van der Waals surface area contributed by atoms with Gasteiger partial charge in [-0.3, -0.25) is 4.79 Å². The Morgan fingerprint density at radius 2 is 2.07 bits per heavy atom. The first-order chi connectivity index (χ1) is 6.74. The highest BCUT2D eigenvalue weighted by Crippen LogP contribution is 2.10. The lowest BCUT2D eigenvalue weighted by molar-refractivity contribution is -0.120. The molecule has 1 rings (SSSR count). The molecule has 2 nitrogen and oxygen atoms in total. The molecule has 76 valence electrons. The smallest absolute Gasteiger partial charge is 0.233 e. The molecule has 0 aliphatic heterocycles. The van der Waals surface area contributed by atoms with Crippen LogP contribution in [0.15, 0.2) is 30.3 Å². The Bertz CT molecular complexity index is 287. The summed E-state index contributed by atoms with van der Waals surface area (Å²) in [4.78, 5) is 11.1. The van der Waals surface area contributed by atoms with Crippen molar-refractivity contribution in [3.05, 3.63) is 35.9 Å². The second-order valence-corrected chi connectivity index (χ2v) is 4.21. The number of halogens is 1. The van der Waals surface area contributed by atoms with Gasteiger partial charge in [-0.1, -0.05) is 46.3 Å². The minimum Gasteiger partial charge on any atom is -0.358 e. The van der Waals surface area contributed by atoms with E-state index in [1.807, 2.05) is 18.2 Å². The molecule has 0 saturated carbocycles. The van der Waals surface area contributed by atoms with E-state index < -0.39 is 0 Å². The zero-order valence-corrected chi connectivity index (χ0v) is 9.75. The zero-order chi connectivity index (χ0) is 10.4. The Labute approximate surface area is 92.8 Å². The highest BCUT2D eigenvalue weighted by atomic mass is 79.9. The van der Waals surface area contributed by atoms with Crippen molar-refractivity contribution in [3.8, 4) is 0 Å². The zero-order valence-electron chi connectivity index (χ0n) is 8.16. The van der Waals surface area contributed by atoms with Crippen molar-refractivity contribution < 1.29 is 4.79 Å². The molecule has 14 heavy (non-hydrogen) atoms. The number of aryl methyl sites for hydroxylation is 1. The third-order valence-corrected chi connectivity index (χ3v) is 2.93. The van der Waals surface area contributed by atoms with Gasteiger partial charge in [-0.05, 0) is 18.4 Å². The van der Waals surface area contributed by atoms with Gasteiger partial charge in [-0.25, -0.2) is 0 Å². The number of amides is 1. The molecular weight excluding hydrogens is 242 g/mol. The summed E-state index contributed by atoms with van der Waals surface area (Å²) in [5.74, 6) is 0.0425. The lowest BCUT2D eigenvalue weighted by Gasteiger charge is -2.07. The van der Waals surface area contributed by atoms with Crippen molar-refractivity contribution in [3.63, 3.8) is 0 Å². The molecule has 1 N–H and O–H groups in total.